The molecule has 284 valence electrons. The van der Waals surface area contributed by atoms with Gasteiger partial charge in [-0.3, -0.25) is 19.1 Å². The average molecular weight is 784 g/mol. The number of ketones is 1. The Labute approximate surface area is 319 Å². The van der Waals surface area contributed by atoms with Crippen molar-refractivity contribution < 1.29 is 32.3 Å². The summed E-state index contributed by atoms with van der Waals surface area (Å²) in [7, 11) is -2.30. The number of pyridine rings is 1. The molecule has 2 aliphatic carbocycles. The van der Waals surface area contributed by atoms with Crippen molar-refractivity contribution in [1.82, 2.24) is 24.9 Å². The molecule has 53 heavy (non-hydrogen) atoms. The lowest BCUT2D eigenvalue weighted by molar-refractivity contribution is -0.151. The molecule has 4 heterocycles. The number of allylic oxidation sites excluding steroid dienone is 1. The highest BCUT2D eigenvalue weighted by molar-refractivity contribution is 7.90. The Balaban J connectivity index is 1.25. The number of methoxy groups -OCH3 is 1. The highest BCUT2D eigenvalue weighted by atomic mass is 35.5. The number of nitrogens with zero attached hydrogens (tertiary/aromatic N) is 3. The van der Waals surface area contributed by atoms with E-state index >= 15 is 0 Å². The second kappa shape index (κ2) is 13.6. The van der Waals surface area contributed by atoms with Crippen LogP contribution in [0.5, 0.6) is 11.5 Å². The topological polar surface area (TPSA) is 157 Å². The summed E-state index contributed by atoms with van der Waals surface area (Å²) in [5.74, 6) is -0.553. The summed E-state index contributed by atoms with van der Waals surface area (Å²) in [6.45, 7) is 14.1. The lowest BCUT2D eigenvalue weighted by Crippen LogP contribution is -2.70. The number of piperazine rings is 1. The fraction of sp³-hybridized carbons (Fsp3) is 0.553. The number of sulfonamides is 1. The fourth-order valence-electron chi connectivity index (χ4n) is 7.66. The molecule has 0 spiro atoms. The molecule has 2 amide bonds. The molecule has 2 aromatic heterocycles. The van der Waals surface area contributed by atoms with Gasteiger partial charge in [0.05, 0.1) is 46.6 Å². The van der Waals surface area contributed by atoms with Crippen molar-refractivity contribution in [2.75, 3.05) is 13.7 Å². The Morgan fingerprint density at radius 3 is 2.55 bits per heavy atom. The summed E-state index contributed by atoms with van der Waals surface area (Å²) in [6, 6.07) is 3.96. The smallest absolute Gasteiger partial charge is 0.243 e. The monoisotopic (exact) mass is 783 g/mol. The number of fused-ring (bicyclic) bond motifs is 2. The molecule has 0 unspecified atom stereocenters. The second-order valence-electron chi connectivity index (χ2n) is 15.7. The standard InChI is InChI=1S/C38H46ClN5O7S2/c1-8-21-15-38(21,35(46)43-53(48,49)22-9-10-22)16-28(45)26-14-31(27-17-40-37(6,20(4)5)36(47)44(26)27)51-30-13-24(34-42-25(18-52-34)19(2)3)41-33-23(30)11-12-29(50-7)32(33)39/h8,11-13,18-22,26-27,31,40H,1,9-10,14-17H2,2-7H3,(H,43,46)/t21-,26+,27-,31-,37-,38-/m1/s1. The van der Waals surface area contributed by atoms with Gasteiger partial charge in [0.25, 0.3) is 0 Å². The number of carbonyl (C=O) groups excluding carboxylic acids is 3. The Hall–Kier alpha value is -3.59. The molecule has 15 heteroatoms. The van der Waals surface area contributed by atoms with Crippen molar-refractivity contribution in [3.63, 3.8) is 0 Å². The molecule has 2 aliphatic heterocycles. The van der Waals surface area contributed by atoms with Gasteiger partial charge >= 0.3 is 0 Å². The number of rotatable bonds is 13. The van der Waals surface area contributed by atoms with Crippen LogP contribution in [0.3, 0.4) is 0 Å². The number of amides is 2. The molecular weight excluding hydrogens is 738 g/mol. The van der Waals surface area contributed by atoms with Crippen LogP contribution in [-0.2, 0) is 24.4 Å². The van der Waals surface area contributed by atoms with E-state index < -0.39 is 50.3 Å². The van der Waals surface area contributed by atoms with Crippen LogP contribution in [0.1, 0.15) is 78.3 Å². The summed E-state index contributed by atoms with van der Waals surface area (Å²) in [5.41, 5.74) is -0.233. The number of nitrogens with one attached hydrogen (secondary N) is 2. The third kappa shape index (κ3) is 6.53. The number of Topliss-reactive ketones (excluding diaryl/α,β-unsaturated/α-hetero) is 1. The van der Waals surface area contributed by atoms with Crippen LogP contribution < -0.4 is 19.5 Å². The minimum Gasteiger partial charge on any atom is -0.495 e. The van der Waals surface area contributed by atoms with Gasteiger partial charge in [0.15, 0.2) is 5.78 Å². The van der Waals surface area contributed by atoms with Gasteiger partial charge in [0, 0.05) is 36.2 Å². The van der Waals surface area contributed by atoms with E-state index in [9.17, 15) is 22.8 Å². The predicted molar refractivity (Wildman–Crippen MR) is 204 cm³/mol. The molecule has 0 radical (unpaired) electrons. The van der Waals surface area contributed by atoms with Crippen molar-refractivity contribution in [2.24, 2.45) is 17.3 Å². The van der Waals surface area contributed by atoms with E-state index in [2.05, 4.69) is 30.5 Å². The molecule has 7 rings (SSSR count). The van der Waals surface area contributed by atoms with Crippen LogP contribution in [0, 0.1) is 17.3 Å². The molecule has 4 fully saturated rings. The average Bonchev–Trinajstić information content (AvgIpc) is 4.01. The van der Waals surface area contributed by atoms with Gasteiger partial charge in [-0.05, 0) is 56.1 Å². The Kier molecular flexibility index (Phi) is 9.69. The number of hydrogen-bond donors (Lipinski definition) is 2. The van der Waals surface area contributed by atoms with Crippen LogP contribution >= 0.6 is 22.9 Å². The quantitative estimate of drug-likeness (QED) is 0.208. The highest BCUT2D eigenvalue weighted by Gasteiger charge is 2.63. The summed E-state index contributed by atoms with van der Waals surface area (Å²) in [6.07, 6.45) is 2.21. The number of aromatic nitrogens is 2. The molecule has 3 aromatic rings. The van der Waals surface area contributed by atoms with Crippen molar-refractivity contribution >= 4 is 61.5 Å². The van der Waals surface area contributed by atoms with Gasteiger partial charge < -0.3 is 19.7 Å². The zero-order valence-electron chi connectivity index (χ0n) is 30.8. The fourth-order valence-corrected chi connectivity index (χ4v) is 10.3. The van der Waals surface area contributed by atoms with Crippen molar-refractivity contribution in [1.29, 1.82) is 0 Å². The van der Waals surface area contributed by atoms with Gasteiger partial charge in [0.2, 0.25) is 21.8 Å². The second-order valence-corrected chi connectivity index (χ2v) is 18.9. The van der Waals surface area contributed by atoms with Gasteiger partial charge in [-0.2, -0.15) is 0 Å². The SMILES string of the molecule is C=C[C@@H]1C[C@]1(CC(=O)[C@@H]1C[C@@H](Oc2cc(-c3nc(C(C)C)cs3)nc3c(Cl)c(OC)ccc23)[C@H]2CN[C@](C)(C(C)C)C(=O)N21)C(=O)NS(=O)(=O)C1CC1. The highest BCUT2D eigenvalue weighted by Crippen LogP contribution is 2.57. The minimum absolute atomic E-state index is 0.0946. The number of halogens is 1. The first-order valence-electron chi connectivity index (χ1n) is 18.1. The van der Waals surface area contributed by atoms with Crippen LogP contribution in [0.4, 0.5) is 0 Å². The maximum atomic E-state index is 14.5. The number of ether oxygens (including phenoxy) is 2. The van der Waals surface area contributed by atoms with E-state index in [1.54, 1.807) is 17.0 Å². The zero-order chi connectivity index (χ0) is 38.2. The van der Waals surface area contributed by atoms with E-state index in [-0.39, 0.29) is 42.3 Å². The van der Waals surface area contributed by atoms with Gasteiger partial charge in [-0.15, -0.1) is 17.9 Å². The number of hydrogen-bond acceptors (Lipinski definition) is 11. The summed E-state index contributed by atoms with van der Waals surface area (Å²) < 4.78 is 40.1. The van der Waals surface area contributed by atoms with Crippen LogP contribution in [0.15, 0.2) is 36.2 Å². The third-order valence-corrected chi connectivity index (χ3v) is 14.8. The molecule has 12 nitrogen and oxygen atoms in total. The summed E-state index contributed by atoms with van der Waals surface area (Å²) >= 11 is 8.30. The van der Waals surface area contributed by atoms with E-state index in [0.717, 1.165) is 5.69 Å². The van der Waals surface area contributed by atoms with Gasteiger partial charge in [-0.25, -0.2) is 18.4 Å². The normalized spacial score (nSPS) is 28.3. The summed E-state index contributed by atoms with van der Waals surface area (Å²) in [4.78, 5) is 53.9. The van der Waals surface area contributed by atoms with Crippen molar-refractivity contribution in [3.05, 3.63) is 47.0 Å². The maximum absolute atomic E-state index is 14.5. The molecule has 6 atom stereocenters. The van der Waals surface area contributed by atoms with Crippen LogP contribution in [-0.4, -0.2) is 83.5 Å². The van der Waals surface area contributed by atoms with E-state index in [4.69, 9.17) is 31.0 Å². The van der Waals surface area contributed by atoms with Crippen molar-refractivity contribution in [2.45, 2.75) is 102 Å². The number of benzene rings is 1. The first-order valence-corrected chi connectivity index (χ1v) is 20.9. The van der Waals surface area contributed by atoms with E-state index in [1.165, 1.54) is 18.4 Å². The Bertz CT molecular complexity index is 2120. The molecule has 2 N–H and O–H groups in total. The van der Waals surface area contributed by atoms with E-state index in [0.29, 0.717) is 63.9 Å². The molecule has 4 aliphatic rings. The Morgan fingerprint density at radius 2 is 1.94 bits per heavy atom. The van der Waals surface area contributed by atoms with Crippen LogP contribution in [0.2, 0.25) is 5.02 Å². The maximum Gasteiger partial charge on any atom is 0.243 e. The van der Waals surface area contributed by atoms with Crippen LogP contribution in [0.25, 0.3) is 21.6 Å². The number of carbonyl (C=O) groups is 3. The molecule has 1 aromatic carbocycles. The molecular formula is C38H46ClN5O7S2. The molecule has 2 saturated heterocycles. The van der Waals surface area contributed by atoms with Gasteiger partial charge in [-0.1, -0.05) is 45.4 Å². The first kappa shape index (κ1) is 37.7. The largest absolute Gasteiger partial charge is 0.495 e. The predicted octanol–water partition coefficient (Wildman–Crippen LogP) is 5.64. The van der Waals surface area contributed by atoms with Gasteiger partial charge in [0.1, 0.15) is 33.3 Å². The third-order valence-electron chi connectivity index (χ3n) is 11.7. The lowest BCUT2D eigenvalue weighted by Gasteiger charge is -2.46. The lowest BCUT2D eigenvalue weighted by atomic mass is 9.83. The Morgan fingerprint density at radius 1 is 1.21 bits per heavy atom. The molecule has 0 bridgehead atoms. The minimum atomic E-state index is -3.83. The first-order chi connectivity index (χ1) is 25.0. The summed E-state index contributed by atoms with van der Waals surface area (Å²) in [5, 5.41) is 6.50. The van der Waals surface area contributed by atoms with E-state index in [1.807, 2.05) is 38.3 Å². The zero-order valence-corrected chi connectivity index (χ0v) is 33.2. The van der Waals surface area contributed by atoms with Crippen molar-refractivity contribution in [3.8, 4) is 22.2 Å². The molecule has 2 saturated carbocycles. The number of thiazole rings is 1.